The average molecular weight is 271 g/mol. The van der Waals surface area contributed by atoms with Gasteiger partial charge in [-0.05, 0) is 12.5 Å². The van der Waals surface area contributed by atoms with Crippen LogP contribution in [0.1, 0.15) is 11.3 Å². The molecule has 2 rings (SSSR count). The van der Waals surface area contributed by atoms with Crippen molar-refractivity contribution in [1.29, 1.82) is 0 Å². The van der Waals surface area contributed by atoms with Gasteiger partial charge in [-0.2, -0.15) is 0 Å². The lowest BCUT2D eigenvalue weighted by Gasteiger charge is -2.05. The molecule has 0 saturated heterocycles. The highest BCUT2D eigenvalue weighted by Gasteiger charge is 2.14. The summed E-state index contributed by atoms with van der Waals surface area (Å²) >= 11 is 6.02. The summed E-state index contributed by atoms with van der Waals surface area (Å²) in [5.74, 6) is 0.370. The summed E-state index contributed by atoms with van der Waals surface area (Å²) in [7, 11) is -2.52. The average Bonchev–Trinajstić information content (AvgIpc) is 2.64. The molecule has 89 valence electrons. The van der Waals surface area contributed by atoms with E-state index in [1.165, 1.54) is 0 Å². The second kappa shape index (κ2) is 4.89. The van der Waals surface area contributed by atoms with Crippen LogP contribution in [0.15, 0.2) is 22.7 Å². The van der Waals surface area contributed by atoms with Crippen LogP contribution in [0.3, 0.4) is 0 Å². The van der Waals surface area contributed by atoms with Crippen LogP contribution in [0.4, 0.5) is 0 Å². The van der Waals surface area contributed by atoms with Crippen molar-refractivity contribution in [2.45, 2.75) is 12.7 Å². The molecule has 1 aromatic heterocycles. The first kappa shape index (κ1) is 12.1. The summed E-state index contributed by atoms with van der Waals surface area (Å²) in [5.41, 5.74) is 1.83. The molecular weight excluding hydrogens is 262 g/mol. The van der Waals surface area contributed by atoms with E-state index < -0.39 is 10.7 Å². The van der Waals surface area contributed by atoms with E-state index in [0.717, 1.165) is 0 Å². The second-order valence-corrected chi connectivity index (χ2v) is 4.87. The minimum absolute atomic E-state index is 0.0845. The number of hydrogen-bond acceptors (Lipinski definition) is 4. The van der Waals surface area contributed by atoms with Crippen molar-refractivity contribution >= 4 is 22.3 Å². The first-order valence-electron chi connectivity index (χ1n) is 4.82. The number of halogens is 1. The Kier molecular flexibility index (Phi) is 3.49. The molecule has 17 heavy (non-hydrogen) atoms. The van der Waals surface area contributed by atoms with Crippen molar-refractivity contribution in [2.24, 2.45) is 0 Å². The molecule has 0 N–H and O–H groups in total. The monoisotopic (exact) mass is 270 g/mol. The maximum Gasteiger partial charge on any atom is 0.168 e. The van der Waals surface area contributed by atoms with Crippen molar-refractivity contribution < 1.29 is 12.9 Å². The Morgan fingerprint density at radius 3 is 2.88 bits per heavy atom. The standard InChI is InChI=1S/C11H9ClNO3S/c1-7-5-10(16-13-7)11-8(6-17(14)15)3-2-4-9(11)12/h2-3,5,17H,6H2,1H3. The van der Waals surface area contributed by atoms with Gasteiger partial charge in [0.2, 0.25) is 0 Å². The number of rotatable bonds is 3. The van der Waals surface area contributed by atoms with Gasteiger partial charge in [0.1, 0.15) is 10.7 Å². The minimum Gasteiger partial charge on any atom is -0.356 e. The number of thiol groups is 1. The van der Waals surface area contributed by atoms with E-state index in [1.807, 2.05) is 0 Å². The minimum atomic E-state index is -2.52. The molecule has 1 heterocycles. The van der Waals surface area contributed by atoms with Gasteiger partial charge in [-0.3, -0.25) is 0 Å². The topological polar surface area (TPSA) is 60.2 Å². The number of benzene rings is 1. The zero-order chi connectivity index (χ0) is 12.4. The van der Waals surface area contributed by atoms with Crippen molar-refractivity contribution in [3.63, 3.8) is 0 Å². The Morgan fingerprint density at radius 1 is 1.53 bits per heavy atom. The van der Waals surface area contributed by atoms with Crippen molar-refractivity contribution in [1.82, 2.24) is 5.16 Å². The molecule has 0 aliphatic heterocycles. The highest BCUT2D eigenvalue weighted by Crippen LogP contribution is 2.31. The van der Waals surface area contributed by atoms with Gasteiger partial charge >= 0.3 is 0 Å². The Bertz CT molecular complexity index is 611. The molecule has 0 spiro atoms. The maximum absolute atomic E-state index is 10.8. The highest BCUT2D eigenvalue weighted by atomic mass is 35.5. The van der Waals surface area contributed by atoms with Crippen LogP contribution in [0.2, 0.25) is 5.02 Å². The van der Waals surface area contributed by atoms with Crippen LogP contribution in [0.25, 0.3) is 11.3 Å². The number of hydrogen-bond donors (Lipinski definition) is 1. The molecule has 0 amide bonds. The Morgan fingerprint density at radius 2 is 2.29 bits per heavy atom. The summed E-state index contributed by atoms with van der Waals surface area (Å²) in [4.78, 5) is 0. The third kappa shape index (κ3) is 2.68. The molecule has 0 fully saturated rings. The fourth-order valence-corrected chi connectivity index (χ4v) is 2.35. The molecule has 2 aromatic rings. The fourth-order valence-electron chi connectivity index (χ4n) is 1.53. The molecule has 1 radical (unpaired) electrons. The molecule has 0 aliphatic rings. The van der Waals surface area contributed by atoms with Crippen molar-refractivity contribution in [3.05, 3.63) is 40.5 Å². The molecular formula is C11H9ClNO3S. The van der Waals surface area contributed by atoms with Gasteiger partial charge in [0.15, 0.2) is 5.76 Å². The molecule has 0 atom stereocenters. The maximum atomic E-state index is 10.8. The van der Waals surface area contributed by atoms with Gasteiger partial charge < -0.3 is 4.52 Å². The molecule has 0 bridgehead atoms. The second-order valence-electron chi connectivity index (χ2n) is 3.52. The SMILES string of the molecule is Cc1cc(-c2c(Cl)[c]ccc2C[SH](=O)=O)on1. The lowest BCUT2D eigenvalue weighted by molar-refractivity contribution is 0.427. The molecule has 1 aromatic carbocycles. The predicted molar refractivity (Wildman–Crippen MR) is 64.5 cm³/mol. The smallest absolute Gasteiger partial charge is 0.168 e. The van der Waals surface area contributed by atoms with Crippen LogP contribution in [0, 0.1) is 13.0 Å². The summed E-state index contributed by atoms with van der Waals surface area (Å²) in [5, 5.41) is 4.09. The van der Waals surface area contributed by atoms with Gasteiger partial charge in [0.25, 0.3) is 0 Å². The zero-order valence-corrected chi connectivity index (χ0v) is 10.6. The van der Waals surface area contributed by atoms with E-state index in [1.54, 1.807) is 25.1 Å². The molecule has 0 saturated carbocycles. The first-order chi connectivity index (χ1) is 8.08. The van der Waals surface area contributed by atoms with Crippen molar-refractivity contribution in [2.75, 3.05) is 0 Å². The summed E-state index contributed by atoms with van der Waals surface area (Å²) in [6.45, 7) is 1.78. The Balaban J connectivity index is 2.58. The summed E-state index contributed by atoms with van der Waals surface area (Å²) in [6, 6.07) is 7.75. The molecule has 0 unspecified atom stereocenters. The highest BCUT2D eigenvalue weighted by molar-refractivity contribution is 7.71. The van der Waals surface area contributed by atoms with E-state index in [4.69, 9.17) is 16.1 Å². The van der Waals surface area contributed by atoms with Gasteiger partial charge in [-0.25, -0.2) is 8.42 Å². The number of aromatic nitrogens is 1. The first-order valence-corrected chi connectivity index (χ1v) is 6.56. The fraction of sp³-hybridized carbons (Fsp3) is 0.182. The van der Waals surface area contributed by atoms with E-state index in [9.17, 15) is 8.42 Å². The van der Waals surface area contributed by atoms with Gasteiger partial charge in [-0.15, -0.1) is 0 Å². The largest absolute Gasteiger partial charge is 0.356 e. The number of nitrogens with zero attached hydrogens (tertiary/aromatic N) is 1. The normalized spacial score (nSPS) is 11.0. The van der Waals surface area contributed by atoms with Crippen LogP contribution in [-0.4, -0.2) is 13.6 Å². The van der Waals surface area contributed by atoms with Crippen molar-refractivity contribution in [3.8, 4) is 11.3 Å². The third-order valence-corrected chi connectivity index (χ3v) is 3.11. The van der Waals surface area contributed by atoms with E-state index >= 15 is 0 Å². The molecule has 4 nitrogen and oxygen atoms in total. The number of aryl methyl sites for hydroxylation is 1. The van der Waals surface area contributed by atoms with Gasteiger partial charge in [0, 0.05) is 17.7 Å². The quantitative estimate of drug-likeness (QED) is 0.869. The Labute approximate surface area is 105 Å². The van der Waals surface area contributed by atoms with Gasteiger partial charge in [-0.1, -0.05) is 28.9 Å². The predicted octanol–water partition coefficient (Wildman–Crippen LogP) is 2.22. The van der Waals surface area contributed by atoms with Crippen LogP contribution in [-0.2, 0) is 16.5 Å². The zero-order valence-electron chi connectivity index (χ0n) is 8.94. The summed E-state index contributed by atoms with van der Waals surface area (Å²) in [6.07, 6.45) is 0. The molecule has 0 aliphatic carbocycles. The summed E-state index contributed by atoms with van der Waals surface area (Å²) < 4.78 is 26.7. The Hall–Kier alpha value is -1.33. The third-order valence-electron chi connectivity index (χ3n) is 2.21. The van der Waals surface area contributed by atoms with E-state index in [2.05, 4.69) is 11.2 Å². The van der Waals surface area contributed by atoms with Crippen LogP contribution >= 0.6 is 11.6 Å². The van der Waals surface area contributed by atoms with Crippen LogP contribution < -0.4 is 0 Å². The molecule has 6 heteroatoms. The van der Waals surface area contributed by atoms with Gasteiger partial charge in [0.05, 0.1) is 16.5 Å². The van der Waals surface area contributed by atoms with Crippen LogP contribution in [0.5, 0.6) is 0 Å². The van der Waals surface area contributed by atoms with E-state index in [-0.39, 0.29) is 5.75 Å². The van der Waals surface area contributed by atoms with E-state index in [0.29, 0.717) is 27.6 Å². The lowest BCUT2D eigenvalue weighted by Crippen LogP contribution is -1.92. The lowest BCUT2D eigenvalue weighted by atomic mass is 10.1.